The smallest absolute Gasteiger partial charge is 0.0406 e. The van der Waals surface area contributed by atoms with Crippen molar-refractivity contribution < 1.29 is 0 Å². The summed E-state index contributed by atoms with van der Waals surface area (Å²) in [6.07, 6.45) is 0.977. The maximum Gasteiger partial charge on any atom is 0.0406 e. The van der Waals surface area contributed by atoms with Crippen molar-refractivity contribution >= 4 is 34.2 Å². The molecule has 1 nitrogen and oxygen atoms in total. The number of nitrogens with one attached hydrogen (secondary N) is 1. The van der Waals surface area contributed by atoms with Crippen LogP contribution in [0.2, 0.25) is 5.02 Å². The Labute approximate surface area is 133 Å². The fourth-order valence-corrected chi connectivity index (χ4v) is 2.83. The van der Waals surface area contributed by atoms with E-state index in [9.17, 15) is 0 Å². The fraction of sp³-hybridized carbons (Fsp3) is 0.250. The van der Waals surface area contributed by atoms with Crippen LogP contribution >= 0.6 is 34.2 Å². The normalized spacial score (nSPS) is 12.4. The van der Waals surface area contributed by atoms with Crippen molar-refractivity contribution in [1.29, 1.82) is 0 Å². The fourth-order valence-electron chi connectivity index (χ4n) is 2.13. The highest BCUT2D eigenvalue weighted by molar-refractivity contribution is 14.1. The predicted octanol–water partition coefficient (Wildman–Crippen LogP) is 4.84. The van der Waals surface area contributed by atoms with Gasteiger partial charge >= 0.3 is 0 Å². The molecule has 0 aromatic heterocycles. The Morgan fingerprint density at radius 1 is 1.16 bits per heavy atom. The highest BCUT2D eigenvalue weighted by atomic mass is 127. The van der Waals surface area contributed by atoms with Gasteiger partial charge in [0.2, 0.25) is 0 Å². The quantitative estimate of drug-likeness (QED) is 0.726. The molecule has 0 heterocycles. The first kappa shape index (κ1) is 14.8. The monoisotopic (exact) mass is 385 g/mol. The van der Waals surface area contributed by atoms with E-state index in [1.165, 1.54) is 14.7 Å². The van der Waals surface area contributed by atoms with Gasteiger partial charge in [0, 0.05) is 14.6 Å². The summed E-state index contributed by atoms with van der Waals surface area (Å²) in [4.78, 5) is 0. The van der Waals surface area contributed by atoms with Crippen LogP contribution in [0.15, 0.2) is 48.5 Å². The summed E-state index contributed by atoms with van der Waals surface area (Å²) in [6, 6.07) is 17.1. The van der Waals surface area contributed by atoms with E-state index >= 15 is 0 Å². The molecule has 2 aromatic rings. The molecular weight excluding hydrogens is 369 g/mol. The second kappa shape index (κ2) is 7.27. The number of rotatable bonds is 5. The Morgan fingerprint density at radius 2 is 1.89 bits per heavy atom. The lowest BCUT2D eigenvalue weighted by molar-refractivity contribution is 0.549. The highest BCUT2D eigenvalue weighted by Crippen LogP contribution is 2.21. The molecule has 3 heteroatoms. The summed E-state index contributed by atoms with van der Waals surface area (Å²) in [6.45, 7) is 3.10. The largest absolute Gasteiger partial charge is 0.310 e. The molecule has 1 atom stereocenters. The summed E-state index contributed by atoms with van der Waals surface area (Å²) in [7, 11) is 0. The molecule has 0 saturated heterocycles. The van der Waals surface area contributed by atoms with Gasteiger partial charge < -0.3 is 5.32 Å². The number of halogens is 2. The van der Waals surface area contributed by atoms with E-state index in [1.807, 2.05) is 12.1 Å². The highest BCUT2D eigenvalue weighted by Gasteiger charge is 2.11. The summed E-state index contributed by atoms with van der Waals surface area (Å²) in [5, 5.41) is 4.34. The zero-order valence-electron chi connectivity index (χ0n) is 10.9. The molecule has 1 unspecified atom stereocenters. The van der Waals surface area contributed by atoms with E-state index in [0.717, 1.165) is 18.0 Å². The van der Waals surface area contributed by atoms with Crippen LogP contribution in [-0.4, -0.2) is 6.54 Å². The minimum absolute atomic E-state index is 0.348. The van der Waals surface area contributed by atoms with Crippen LogP contribution in [0.1, 0.15) is 24.1 Å². The molecule has 0 aliphatic carbocycles. The lowest BCUT2D eigenvalue weighted by atomic mass is 9.99. The topological polar surface area (TPSA) is 12.0 Å². The van der Waals surface area contributed by atoms with Crippen LogP contribution in [0.5, 0.6) is 0 Å². The molecule has 2 aromatic carbocycles. The van der Waals surface area contributed by atoms with Gasteiger partial charge in [-0.3, -0.25) is 0 Å². The molecular formula is C16H17ClIN. The summed E-state index contributed by atoms with van der Waals surface area (Å²) in [5.74, 6) is 0. The second-order valence-electron chi connectivity index (χ2n) is 4.50. The Balaban J connectivity index is 2.18. The van der Waals surface area contributed by atoms with Crippen molar-refractivity contribution in [3.05, 3.63) is 68.3 Å². The number of likely N-dealkylation sites (N-methyl/N-ethyl adjacent to an activating group) is 1. The van der Waals surface area contributed by atoms with Gasteiger partial charge in [0.1, 0.15) is 0 Å². The molecule has 100 valence electrons. The molecule has 2 rings (SSSR count). The van der Waals surface area contributed by atoms with Gasteiger partial charge in [-0.25, -0.2) is 0 Å². The van der Waals surface area contributed by atoms with Crippen molar-refractivity contribution in [3.63, 3.8) is 0 Å². The molecule has 0 amide bonds. The molecule has 1 N–H and O–H groups in total. The van der Waals surface area contributed by atoms with Gasteiger partial charge in [0.25, 0.3) is 0 Å². The Morgan fingerprint density at radius 3 is 2.53 bits per heavy atom. The van der Waals surface area contributed by atoms with Crippen LogP contribution in [0.25, 0.3) is 0 Å². The van der Waals surface area contributed by atoms with Crippen molar-refractivity contribution in [2.45, 2.75) is 19.4 Å². The maximum atomic E-state index is 5.93. The number of hydrogen-bond donors (Lipinski definition) is 1. The van der Waals surface area contributed by atoms with Crippen LogP contribution in [0.3, 0.4) is 0 Å². The molecule has 0 aliphatic rings. The molecule has 0 fully saturated rings. The zero-order valence-corrected chi connectivity index (χ0v) is 13.8. The minimum atomic E-state index is 0.348. The van der Waals surface area contributed by atoms with Crippen LogP contribution in [-0.2, 0) is 6.42 Å². The molecule has 0 bridgehead atoms. The molecule has 0 saturated carbocycles. The predicted molar refractivity (Wildman–Crippen MR) is 90.7 cm³/mol. The van der Waals surface area contributed by atoms with Crippen LogP contribution in [0, 0.1) is 3.57 Å². The van der Waals surface area contributed by atoms with E-state index in [1.54, 1.807) is 0 Å². The standard InChI is InChI=1S/C16H17ClIN/c1-2-19-16(13-4-3-5-15(18)11-13)10-12-6-8-14(17)9-7-12/h3-9,11,16,19H,2,10H2,1H3. The van der Waals surface area contributed by atoms with Crippen molar-refractivity contribution in [2.24, 2.45) is 0 Å². The van der Waals surface area contributed by atoms with Gasteiger partial charge in [-0.2, -0.15) is 0 Å². The van der Waals surface area contributed by atoms with Gasteiger partial charge in [-0.05, 0) is 70.9 Å². The number of hydrogen-bond acceptors (Lipinski definition) is 1. The van der Waals surface area contributed by atoms with E-state index < -0.39 is 0 Å². The first-order valence-electron chi connectivity index (χ1n) is 6.42. The number of benzene rings is 2. The first-order chi connectivity index (χ1) is 9.19. The second-order valence-corrected chi connectivity index (χ2v) is 6.18. The lowest BCUT2D eigenvalue weighted by Gasteiger charge is -2.19. The molecule has 0 radical (unpaired) electrons. The summed E-state index contributed by atoms with van der Waals surface area (Å²) < 4.78 is 1.27. The summed E-state index contributed by atoms with van der Waals surface area (Å²) in [5.41, 5.74) is 2.64. The van der Waals surface area contributed by atoms with E-state index in [2.05, 4.69) is 71.2 Å². The minimum Gasteiger partial charge on any atom is -0.310 e. The Hall–Kier alpha value is -0.580. The Bertz CT molecular complexity index is 525. The van der Waals surface area contributed by atoms with E-state index in [-0.39, 0.29) is 0 Å². The van der Waals surface area contributed by atoms with Crippen LogP contribution in [0.4, 0.5) is 0 Å². The maximum absolute atomic E-state index is 5.93. The van der Waals surface area contributed by atoms with E-state index in [4.69, 9.17) is 11.6 Å². The lowest BCUT2D eigenvalue weighted by Crippen LogP contribution is -2.23. The van der Waals surface area contributed by atoms with Crippen molar-refractivity contribution in [2.75, 3.05) is 6.54 Å². The van der Waals surface area contributed by atoms with Gasteiger partial charge in [-0.15, -0.1) is 0 Å². The van der Waals surface area contributed by atoms with Crippen molar-refractivity contribution in [3.8, 4) is 0 Å². The third-order valence-corrected chi connectivity index (χ3v) is 3.98. The third kappa shape index (κ3) is 4.48. The third-order valence-electron chi connectivity index (χ3n) is 3.05. The molecule has 0 spiro atoms. The van der Waals surface area contributed by atoms with Gasteiger partial charge in [0.05, 0.1) is 0 Å². The molecule has 0 aliphatic heterocycles. The van der Waals surface area contributed by atoms with E-state index in [0.29, 0.717) is 6.04 Å². The first-order valence-corrected chi connectivity index (χ1v) is 7.88. The van der Waals surface area contributed by atoms with Crippen molar-refractivity contribution in [1.82, 2.24) is 5.32 Å². The average molecular weight is 386 g/mol. The SMILES string of the molecule is CCNC(Cc1ccc(Cl)cc1)c1cccc(I)c1. The zero-order chi connectivity index (χ0) is 13.7. The average Bonchev–Trinajstić information content (AvgIpc) is 2.41. The van der Waals surface area contributed by atoms with Gasteiger partial charge in [0.15, 0.2) is 0 Å². The van der Waals surface area contributed by atoms with Gasteiger partial charge in [-0.1, -0.05) is 42.8 Å². The summed E-state index contributed by atoms with van der Waals surface area (Å²) >= 11 is 8.29. The van der Waals surface area contributed by atoms with Crippen LogP contribution < -0.4 is 5.32 Å². The molecule has 19 heavy (non-hydrogen) atoms. The Kier molecular flexibility index (Phi) is 5.67.